The maximum atomic E-state index is 11.9. The smallest absolute Gasteiger partial charge is 0.333 e. The van der Waals surface area contributed by atoms with E-state index in [1.54, 1.807) is 27.7 Å². The molecule has 34 heteroatoms. The van der Waals surface area contributed by atoms with Gasteiger partial charge in [-0.2, -0.15) is 0 Å². The van der Waals surface area contributed by atoms with Crippen LogP contribution in [0.1, 0.15) is 160 Å². The Hall–Kier alpha value is -3.95. The summed E-state index contributed by atoms with van der Waals surface area (Å²) in [5, 5.41) is 5.51. The molecule has 24 nitrogen and oxygen atoms in total. The molecule has 1 atom stereocenters. The Morgan fingerprint density at radius 1 is 0.289 bits per heavy atom. The van der Waals surface area contributed by atoms with Crippen molar-refractivity contribution in [1.82, 2.24) is 10.6 Å². The first kappa shape index (κ1) is 114. The van der Waals surface area contributed by atoms with Gasteiger partial charge < -0.3 is 72.6 Å². The van der Waals surface area contributed by atoms with Gasteiger partial charge in [-0.15, -0.1) is 0 Å². The van der Waals surface area contributed by atoms with Gasteiger partial charge in [0.05, 0.1) is 39.6 Å². The minimum absolute atomic E-state index is 0.296. The number of ether oxygens (including phenoxy) is 7. The first-order valence-electron chi connectivity index (χ1n) is 40.9. The van der Waals surface area contributed by atoms with Crippen molar-refractivity contribution in [3.63, 3.8) is 0 Å². The van der Waals surface area contributed by atoms with Crippen LogP contribution in [0.3, 0.4) is 0 Å². The van der Waals surface area contributed by atoms with Crippen LogP contribution >= 0.6 is 0 Å². The molecular weight excluding hydrogens is 1620 g/mol. The van der Waals surface area contributed by atoms with Crippen LogP contribution in [0.15, 0.2) is 72.9 Å². The van der Waals surface area contributed by atoms with E-state index in [2.05, 4.69) is 161 Å². The van der Waals surface area contributed by atoms with Gasteiger partial charge in [-0.05, 0) is 288 Å². The van der Waals surface area contributed by atoms with E-state index >= 15 is 0 Å². The summed E-state index contributed by atoms with van der Waals surface area (Å²) in [6, 6.07) is 6.66. The Labute approximate surface area is 701 Å². The van der Waals surface area contributed by atoms with Crippen molar-refractivity contribution in [1.29, 1.82) is 0 Å². The highest BCUT2D eigenvalue weighted by molar-refractivity contribution is 6.91. The van der Waals surface area contributed by atoms with Gasteiger partial charge in [-0.3, -0.25) is 9.59 Å². The minimum atomic E-state index is -2.56. The monoisotopic (exact) mass is 1780 g/mol. The molecule has 0 saturated heterocycles. The van der Waals surface area contributed by atoms with Crippen molar-refractivity contribution >= 4 is 132 Å². The average molecular weight is 1780 g/mol. The van der Waals surface area contributed by atoms with E-state index in [-0.39, 0.29) is 46.8 Å². The summed E-state index contributed by atoms with van der Waals surface area (Å²) in [7, 11) is -21.4. The van der Waals surface area contributed by atoms with Gasteiger partial charge in [0.2, 0.25) is 11.8 Å². The molecule has 0 aliphatic rings. The van der Waals surface area contributed by atoms with E-state index in [9.17, 15) is 38.4 Å². The fraction of sp³-hybridized carbons (Fsp3) is 0.750. The quantitative estimate of drug-likeness (QED) is 0.0188. The van der Waals surface area contributed by atoms with Gasteiger partial charge in [0.15, 0.2) is 49.9 Å². The van der Waals surface area contributed by atoms with E-state index in [1.165, 1.54) is 12.2 Å². The fourth-order valence-electron chi connectivity index (χ4n) is 12.2. The lowest BCUT2D eigenvalue weighted by molar-refractivity contribution is -0.139. The van der Waals surface area contributed by atoms with E-state index in [0.717, 1.165) is 138 Å². The number of hydrogen-bond acceptors (Lipinski definition) is 22. The zero-order valence-corrected chi connectivity index (χ0v) is 86.9. The van der Waals surface area contributed by atoms with E-state index in [1.807, 2.05) is 48.5 Å². The SMILES string of the molecule is C=C(C)C(=O)OCCCC[Si](C)(C)O[Si](C)(C)O[Si](C)(C)CCCCOC(=O)C(=C)C.C=C(C)C(=O)OCCCC[Si](C)(C)O[Si](C)(C)O[Si](C)(CCCOCC)O[Si](C)(C)CCCCOC(=O)C(=C)C.CC(C)(C)NC(=O)/C=C/C(=O)OCCCC[Si](C)(C)O[Si](C)(C)O[Si](C)(C)CCCCOC(=O)/C=C/C(=O)NC(C)(C)C. The third-order valence-corrected chi connectivity index (χ3v) is 55.4. The molecule has 0 fully saturated rings. The molecule has 0 aromatic carbocycles. The topological polar surface area (TPSA) is 290 Å². The largest absolute Gasteiger partial charge is 0.463 e. The summed E-state index contributed by atoms with van der Waals surface area (Å²) in [6.45, 7) is 79.5. The zero-order chi connectivity index (χ0) is 88.9. The van der Waals surface area contributed by atoms with Crippen LogP contribution in [-0.4, -0.2) is 196 Å². The minimum Gasteiger partial charge on any atom is -0.463 e. The van der Waals surface area contributed by atoms with Crippen molar-refractivity contribution in [3.8, 4) is 0 Å². The molecule has 2 N–H and O–H groups in total. The van der Waals surface area contributed by atoms with E-state index in [0.29, 0.717) is 75.1 Å². The maximum absolute atomic E-state index is 11.9. The molecule has 1 unspecified atom stereocenters. The zero-order valence-electron chi connectivity index (χ0n) is 76.9. The van der Waals surface area contributed by atoms with Gasteiger partial charge in [0, 0.05) is 70.9 Å². The molecule has 0 aromatic rings. The summed E-state index contributed by atoms with van der Waals surface area (Å²) in [4.78, 5) is 93.3. The lowest BCUT2D eigenvalue weighted by atomic mass is 10.1. The van der Waals surface area contributed by atoms with Gasteiger partial charge in [0.1, 0.15) is 0 Å². The number of esters is 6. The van der Waals surface area contributed by atoms with Crippen molar-refractivity contribution < 1.29 is 100 Å². The highest BCUT2D eigenvalue weighted by atomic mass is 28.5. The number of unbranched alkanes of at least 4 members (excludes halogenated alkanes) is 6. The van der Waals surface area contributed by atoms with Crippen molar-refractivity contribution in [2.75, 3.05) is 52.9 Å². The number of amides is 2. The lowest BCUT2D eigenvalue weighted by Crippen LogP contribution is -2.57. The fourth-order valence-corrected chi connectivity index (χ4v) is 60.5. The molecule has 0 aromatic heterocycles. The average Bonchev–Trinajstić information content (AvgIpc) is 0.813. The van der Waals surface area contributed by atoms with E-state index < -0.39 is 96.1 Å². The lowest BCUT2D eigenvalue weighted by Gasteiger charge is -2.42. The Morgan fingerprint density at radius 3 is 0.728 bits per heavy atom. The molecule has 2 amide bonds. The Morgan fingerprint density at radius 2 is 0.509 bits per heavy atom. The molecule has 0 aliphatic heterocycles. The number of nitrogens with one attached hydrogen (secondary N) is 2. The normalized spacial score (nSPS) is 13.3. The highest BCUT2D eigenvalue weighted by Gasteiger charge is 2.46. The summed E-state index contributed by atoms with van der Waals surface area (Å²) in [6.07, 6.45) is 15.9. The van der Waals surface area contributed by atoms with Crippen molar-refractivity contribution in [2.45, 2.75) is 337 Å². The molecule has 0 radical (unpaired) electrons. The van der Waals surface area contributed by atoms with Crippen LogP contribution in [0.4, 0.5) is 0 Å². The summed E-state index contributed by atoms with van der Waals surface area (Å²) < 4.78 is 84.0. The molecule has 0 saturated carbocycles. The molecule has 0 rings (SSSR count). The predicted octanol–water partition coefficient (Wildman–Crippen LogP) is 19.1. The van der Waals surface area contributed by atoms with Crippen molar-refractivity contribution in [2.24, 2.45) is 0 Å². The summed E-state index contributed by atoms with van der Waals surface area (Å²) >= 11 is 0. The first-order valence-corrected chi connectivity index (χ1v) is 70.6. The molecule has 0 heterocycles. The Balaban J connectivity index is -0.00000164. The van der Waals surface area contributed by atoms with Gasteiger partial charge in [0.25, 0.3) is 0 Å². The molecule has 114 heavy (non-hydrogen) atoms. The van der Waals surface area contributed by atoms with Crippen molar-refractivity contribution in [3.05, 3.63) is 72.9 Å². The second-order valence-electron chi connectivity index (χ2n) is 36.8. The van der Waals surface area contributed by atoms with Crippen LogP contribution in [0, 0.1) is 0 Å². The van der Waals surface area contributed by atoms with Crippen LogP contribution in [0.5, 0.6) is 0 Å². The maximum Gasteiger partial charge on any atom is 0.333 e. The van der Waals surface area contributed by atoms with Crippen LogP contribution in [0.25, 0.3) is 0 Å². The number of carbonyl (C=O) groups excluding carboxylic acids is 8. The number of rotatable bonds is 57. The third kappa shape index (κ3) is 67.9. The van der Waals surface area contributed by atoms with Gasteiger partial charge in [-0.1, -0.05) is 64.8 Å². The first-order chi connectivity index (χ1) is 51.8. The predicted molar refractivity (Wildman–Crippen MR) is 486 cm³/mol. The van der Waals surface area contributed by atoms with E-state index in [4.69, 9.17) is 62.0 Å². The molecular formula is C80H160N2O22Si10. The Bertz CT molecular complexity index is 2920. The molecule has 0 aliphatic carbocycles. The third-order valence-electron chi connectivity index (χ3n) is 16.3. The van der Waals surface area contributed by atoms with Crippen LogP contribution in [-0.2, 0) is 100 Å². The number of hydrogen-bond donors (Lipinski definition) is 2. The van der Waals surface area contributed by atoms with Crippen LogP contribution < -0.4 is 10.6 Å². The highest BCUT2D eigenvalue weighted by Crippen LogP contribution is 2.33. The molecule has 662 valence electrons. The second kappa shape index (κ2) is 55.1. The van der Waals surface area contributed by atoms with Crippen LogP contribution in [0.2, 0.25) is 167 Å². The Kier molecular flexibility index (Phi) is 55.2. The number of carbonyl (C=O) groups is 8. The summed E-state index contributed by atoms with van der Waals surface area (Å²) in [5.41, 5.74) is 0.984. The standard InChI is InChI=1S/C30H58N2O8Si3.C28H58O8Si4.C22H44O6Si3/c1-29(2,3)31-25(33)17-19-27(35)37-21-13-15-23-41(7,8)39-43(11,12)40-42(9,10)24-16-14-22-38-28(36)20-18-26(34)32-30(4,5)6;1-13-31-19-18-24-40(12,35-38(8,9)23-17-15-21-33-28(30)26(4)5)36-39(10,11)34-37(6,7)22-16-14-20-32-27(29)25(2)3;1-19(2)21(23)25-15-11-13-17-29(5,6)27-31(9,10)28-30(7,8)18-14-12-16-26-22(24)20(3)4/h17-20H,13-16,21-24H2,1-12H3,(H,31,33)(H,32,34);2,4,13-24H2,1,3,5-12H3;1,3,11-18H2,2,4-10H3/b19-17+,20-18+;;. The second-order valence-corrected chi connectivity index (χ2v) is 77.8. The molecule has 0 spiro atoms. The molecule has 0 bridgehead atoms. The summed E-state index contributed by atoms with van der Waals surface area (Å²) in [5.74, 6) is -3.03. The van der Waals surface area contributed by atoms with Gasteiger partial charge >= 0.3 is 70.1 Å². The van der Waals surface area contributed by atoms with Gasteiger partial charge in [-0.25, -0.2) is 28.8 Å².